The molecule has 3 N–H and O–H groups in total. The van der Waals surface area contributed by atoms with Crippen LogP contribution in [0.25, 0.3) is 11.3 Å². The molecular formula is C23H22N6O5. The molecule has 0 bridgehead atoms. The van der Waals surface area contributed by atoms with Gasteiger partial charge in [0.25, 0.3) is 11.5 Å². The van der Waals surface area contributed by atoms with E-state index in [1.165, 1.54) is 18.1 Å². The lowest BCUT2D eigenvalue weighted by Gasteiger charge is -2.23. The topological polar surface area (TPSA) is 149 Å². The van der Waals surface area contributed by atoms with Crippen molar-refractivity contribution in [1.82, 2.24) is 19.7 Å². The average Bonchev–Trinajstić information content (AvgIpc) is 3.34. The highest BCUT2D eigenvalue weighted by atomic mass is 16.5. The predicted molar refractivity (Wildman–Crippen MR) is 124 cm³/mol. The van der Waals surface area contributed by atoms with E-state index in [1.54, 1.807) is 36.7 Å². The Bertz CT molecular complexity index is 1390. The fourth-order valence-corrected chi connectivity index (χ4v) is 3.42. The Morgan fingerprint density at radius 1 is 1.21 bits per heavy atom. The van der Waals surface area contributed by atoms with E-state index in [0.29, 0.717) is 11.3 Å². The fraction of sp³-hybridized carbons (Fsp3) is 0.174. The number of methoxy groups -OCH3 is 1. The summed E-state index contributed by atoms with van der Waals surface area (Å²) in [4.78, 5) is 46.2. The third kappa shape index (κ3) is 4.64. The minimum atomic E-state index is -0.795. The summed E-state index contributed by atoms with van der Waals surface area (Å²) in [5.41, 5.74) is 5.90. The maximum Gasteiger partial charge on any atom is 0.330 e. The van der Waals surface area contributed by atoms with Gasteiger partial charge in [0.15, 0.2) is 17.1 Å². The van der Waals surface area contributed by atoms with Gasteiger partial charge in [-0.3, -0.25) is 29.0 Å². The predicted octanol–water partition coefficient (Wildman–Crippen LogP) is 1.66. The highest BCUT2D eigenvalue weighted by molar-refractivity contribution is 6.06. The van der Waals surface area contributed by atoms with Crippen LogP contribution in [-0.4, -0.2) is 39.3 Å². The van der Waals surface area contributed by atoms with Crippen LogP contribution in [0.1, 0.15) is 16.1 Å². The number of pyridine rings is 1. The zero-order chi connectivity index (χ0) is 24.1. The first-order valence-electron chi connectivity index (χ1n) is 10.3. The maximum atomic E-state index is 13.6. The Hall–Kier alpha value is -4.51. The number of nitrogens with two attached hydrogens (primary N) is 1. The molecule has 0 saturated heterocycles. The molecule has 3 aromatic heterocycles. The summed E-state index contributed by atoms with van der Waals surface area (Å²) in [6.45, 7) is 0.276. The molecule has 1 aromatic carbocycles. The molecule has 1 amide bonds. The lowest BCUT2D eigenvalue weighted by Crippen LogP contribution is -2.41. The first-order valence-corrected chi connectivity index (χ1v) is 10.3. The van der Waals surface area contributed by atoms with E-state index in [1.807, 2.05) is 18.2 Å². The number of H-pyrrole nitrogens is 1. The molecule has 4 rings (SSSR count). The third-order valence-corrected chi connectivity index (χ3v) is 5.11. The number of hydrogen-bond donors (Lipinski definition) is 2. The lowest BCUT2D eigenvalue weighted by atomic mass is 10.1. The van der Waals surface area contributed by atoms with Crippen LogP contribution < -0.4 is 21.9 Å². The maximum absolute atomic E-state index is 13.6. The molecule has 0 spiro atoms. The summed E-state index contributed by atoms with van der Waals surface area (Å²) in [5, 5.41) is 3.89. The second kappa shape index (κ2) is 9.96. The first-order chi connectivity index (χ1) is 16.5. The average molecular weight is 462 g/mol. The number of nitrogen functional groups attached to an aromatic ring is 1. The number of benzene rings is 1. The fourth-order valence-electron chi connectivity index (χ4n) is 3.42. The lowest BCUT2D eigenvalue weighted by molar-refractivity contribution is 0.0976. The number of nitrogens with one attached hydrogen (secondary N) is 1. The molecule has 174 valence electrons. The van der Waals surface area contributed by atoms with E-state index in [2.05, 4.69) is 15.1 Å². The Balaban J connectivity index is 1.80. The van der Waals surface area contributed by atoms with Crippen LogP contribution in [-0.2, 0) is 17.8 Å². The molecule has 0 radical (unpaired) electrons. The van der Waals surface area contributed by atoms with E-state index >= 15 is 0 Å². The molecule has 0 saturated carbocycles. The number of aromatic nitrogens is 4. The number of nitrogens with zero attached hydrogens (tertiary/aromatic N) is 4. The molecular weight excluding hydrogens is 440 g/mol. The Morgan fingerprint density at radius 3 is 2.71 bits per heavy atom. The van der Waals surface area contributed by atoms with Crippen molar-refractivity contribution in [2.24, 2.45) is 0 Å². The van der Waals surface area contributed by atoms with E-state index in [9.17, 15) is 14.4 Å². The van der Waals surface area contributed by atoms with Gasteiger partial charge in [-0.2, -0.15) is 0 Å². The van der Waals surface area contributed by atoms with E-state index < -0.39 is 17.2 Å². The smallest absolute Gasteiger partial charge is 0.330 e. The van der Waals surface area contributed by atoms with Crippen molar-refractivity contribution in [3.8, 4) is 11.3 Å². The molecule has 4 aromatic rings. The third-order valence-electron chi connectivity index (χ3n) is 5.11. The van der Waals surface area contributed by atoms with Gasteiger partial charge < -0.3 is 15.0 Å². The standard InChI is InChI=1S/C23H22N6O5/c1-33-11-10-28-20(24)19(21(30)26-23(28)32)29(14-15-6-3-2-4-7-15)22(31)17-12-18(34-27-17)16-8-5-9-25-13-16/h2-9,12-13H,10-11,14,24H2,1H3,(H,26,30,32). The number of ether oxygens (including phenoxy) is 1. The van der Waals surface area contributed by atoms with Gasteiger partial charge in [-0.15, -0.1) is 0 Å². The summed E-state index contributed by atoms with van der Waals surface area (Å²) in [6.07, 6.45) is 3.19. The molecule has 0 unspecified atom stereocenters. The molecule has 0 aliphatic carbocycles. The summed E-state index contributed by atoms with van der Waals surface area (Å²) < 4.78 is 11.5. The normalized spacial score (nSPS) is 10.9. The van der Waals surface area contributed by atoms with Crippen LogP contribution in [0.2, 0.25) is 0 Å². The molecule has 0 aliphatic heterocycles. The summed E-state index contributed by atoms with van der Waals surface area (Å²) in [7, 11) is 1.48. The molecule has 0 aliphatic rings. The highest BCUT2D eigenvalue weighted by Crippen LogP contribution is 2.24. The summed E-state index contributed by atoms with van der Waals surface area (Å²) in [6, 6.07) is 14.0. The van der Waals surface area contributed by atoms with E-state index in [-0.39, 0.29) is 36.9 Å². The second-order valence-corrected chi connectivity index (χ2v) is 7.33. The minimum Gasteiger partial charge on any atom is -0.383 e. The monoisotopic (exact) mass is 462 g/mol. The van der Waals surface area contributed by atoms with Gasteiger partial charge in [-0.05, 0) is 17.7 Å². The first kappa shape index (κ1) is 22.7. The number of carbonyl (C=O) groups excluding carboxylic acids is 1. The van der Waals surface area contributed by atoms with Gasteiger partial charge in [0.2, 0.25) is 0 Å². The number of aromatic amines is 1. The van der Waals surface area contributed by atoms with Crippen LogP contribution in [0.15, 0.2) is 75.0 Å². The molecule has 0 fully saturated rings. The molecule has 3 heterocycles. The van der Waals surface area contributed by atoms with Gasteiger partial charge in [0, 0.05) is 31.1 Å². The molecule has 0 atom stereocenters. The van der Waals surface area contributed by atoms with Crippen molar-refractivity contribution in [3.63, 3.8) is 0 Å². The summed E-state index contributed by atoms with van der Waals surface area (Å²) in [5.74, 6) is -0.453. The second-order valence-electron chi connectivity index (χ2n) is 7.33. The van der Waals surface area contributed by atoms with Crippen LogP contribution in [0, 0.1) is 0 Å². The Labute approximate surface area is 193 Å². The number of amides is 1. The van der Waals surface area contributed by atoms with Crippen molar-refractivity contribution < 1.29 is 14.1 Å². The zero-order valence-electron chi connectivity index (χ0n) is 18.3. The van der Waals surface area contributed by atoms with Gasteiger partial charge in [0.1, 0.15) is 5.82 Å². The van der Waals surface area contributed by atoms with Crippen molar-refractivity contribution in [3.05, 3.63) is 93.0 Å². The quantitative estimate of drug-likeness (QED) is 0.401. The van der Waals surface area contributed by atoms with Crippen molar-refractivity contribution in [1.29, 1.82) is 0 Å². The number of hydrogen-bond acceptors (Lipinski definition) is 8. The Morgan fingerprint density at radius 2 is 2.00 bits per heavy atom. The van der Waals surface area contributed by atoms with Crippen LogP contribution in [0.3, 0.4) is 0 Å². The van der Waals surface area contributed by atoms with Crippen molar-refractivity contribution in [2.75, 3.05) is 24.4 Å². The SMILES string of the molecule is COCCn1c(N)c(N(Cc2ccccc2)C(=O)c2cc(-c3cccnc3)on2)c(=O)[nH]c1=O. The molecule has 11 heteroatoms. The van der Waals surface area contributed by atoms with Gasteiger partial charge >= 0.3 is 5.69 Å². The van der Waals surface area contributed by atoms with Crippen LogP contribution in [0.4, 0.5) is 11.5 Å². The van der Waals surface area contributed by atoms with Gasteiger partial charge in [-0.25, -0.2) is 4.79 Å². The summed E-state index contributed by atoms with van der Waals surface area (Å²) >= 11 is 0. The van der Waals surface area contributed by atoms with Crippen molar-refractivity contribution in [2.45, 2.75) is 13.1 Å². The molecule has 34 heavy (non-hydrogen) atoms. The minimum absolute atomic E-state index is 0.00448. The van der Waals surface area contributed by atoms with E-state index in [0.717, 1.165) is 10.1 Å². The van der Waals surface area contributed by atoms with E-state index in [4.69, 9.17) is 15.0 Å². The number of rotatable bonds is 8. The number of anilines is 2. The Kier molecular flexibility index (Phi) is 6.64. The highest BCUT2D eigenvalue weighted by Gasteiger charge is 2.28. The van der Waals surface area contributed by atoms with Gasteiger partial charge in [-0.1, -0.05) is 35.5 Å². The zero-order valence-corrected chi connectivity index (χ0v) is 18.3. The molecule has 11 nitrogen and oxygen atoms in total. The van der Waals surface area contributed by atoms with Crippen LogP contribution >= 0.6 is 0 Å². The van der Waals surface area contributed by atoms with Crippen molar-refractivity contribution >= 4 is 17.4 Å². The van der Waals surface area contributed by atoms with Gasteiger partial charge in [0.05, 0.1) is 19.7 Å². The van der Waals surface area contributed by atoms with Crippen LogP contribution in [0.5, 0.6) is 0 Å². The number of carbonyl (C=O) groups is 1. The largest absolute Gasteiger partial charge is 0.383 e.